The molecule has 0 aromatic heterocycles. The Morgan fingerprint density at radius 3 is 2.45 bits per heavy atom. The van der Waals surface area contributed by atoms with Gasteiger partial charge in [0.05, 0.1) is 6.04 Å². The van der Waals surface area contributed by atoms with E-state index in [1.54, 1.807) is 18.2 Å². The lowest BCUT2D eigenvalue weighted by Gasteiger charge is -2.26. The van der Waals surface area contributed by atoms with Crippen LogP contribution >= 0.6 is 11.6 Å². The molecule has 0 radical (unpaired) electrons. The lowest BCUT2D eigenvalue weighted by Crippen LogP contribution is -2.40. The van der Waals surface area contributed by atoms with E-state index < -0.39 is 11.8 Å². The molecular formula is C23H24ClN3O2. The number of amides is 2. The van der Waals surface area contributed by atoms with Crippen LogP contribution < -0.4 is 10.6 Å². The van der Waals surface area contributed by atoms with Crippen LogP contribution in [0.3, 0.4) is 0 Å². The highest BCUT2D eigenvalue weighted by Crippen LogP contribution is 2.26. The summed E-state index contributed by atoms with van der Waals surface area (Å²) in [5.74, 6) is -1.41. The van der Waals surface area contributed by atoms with Crippen molar-refractivity contribution in [1.82, 2.24) is 10.2 Å². The van der Waals surface area contributed by atoms with E-state index in [9.17, 15) is 9.59 Å². The second-order valence-corrected chi connectivity index (χ2v) is 7.58. The van der Waals surface area contributed by atoms with Crippen molar-refractivity contribution in [3.63, 3.8) is 0 Å². The third-order valence-corrected chi connectivity index (χ3v) is 5.30. The van der Waals surface area contributed by atoms with Crippen LogP contribution in [0.25, 0.3) is 10.8 Å². The predicted octanol–water partition coefficient (Wildman–Crippen LogP) is 4.16. The monoisotopic (exact) mass is 409 g/mol. The quantitative estimate of drug-likeness (QED) is 0.622. The molecule has 150 valence electrons. The first-order valence-corrected chi connectivity index (χ1v) is 9.74. The van der Waals surface area contributed by atoms with Crippen molar-refractivity contribution in [2.45, 2.75) is 13.0 Å². The van der Waals surface area contributed by atoms with Crippen LogP contribution in [0.15, 0.2) is 60.7 Å². The van der Waals surface area contributed by atoms with Gasteiger partial charge in [-0.05, 0) is 55.1 Å². The summed E-state index contributed by atoms with van der Waals surface area (Å²) in [5, 5.41) is 8.13. The number of hydrogen-bond donors (Lipinski definition) is 2. The average Bonchev–Trinajstić information content (AvgIpc) is 2.70. The summed E-state index contributed by atoms with van der Waals surface area (Å²) in [4.78, 5) is 26.6. The normalized spacial score (nSPS) is 12.0. The molecule has 0 aliphatic carbocycles. The molecule has 0 saturated heterocycles. The minimum absolute atomic E-state index is 0.0772. The Morgan fingerprint density at radius 2 is 1.72 bits per heavy atom. The standard InChI is InChI=1S/C23H24ClN3O2/c1-15-11-12-17(13-20(15)24)26-23(29)22(28)25-14-21(27(2)3)19-10-6-8-16-7-4-5-9-18(16)19/h4-13,21H,14H2,1-3H3,(H,25,28)(H,26,29). The van der Waals surface area contributed by atoms with Crippen LogP contribution in [0, 0.1) is 6.92 Å². The Morgan fingerprint density at radius 1 is 1.00 bits per heavy atom. The van der Waals surface area contributed by atoms with Gasteiger partial charge in [0, 0.05) is 17.3 Å². The zero-order valence-electron chi connectivity index (χ0n) is 16.7. The molecule has 0 aliphatic rings. The first kappa shape index (κ1) is 20.8. The highest BCUT2D eigenvalue weighted by atomic mass is 35.5. The molecule has 0 bridgehead atoms. The van der Waals surface area contributed by atoms with E-state index in [-0.39, 0.29) is 6.04 Å². The highest BCUT2D eigenvalue weighted by molar-refractivity contribution is 6.39. The fraction of sp³-hybridized carbons (Fsp3) is 0.217. The summed E-state index contributed by atoms with van der Waals surface area (Å²) in [6.45, 7) is 2.18. The maximum atomic E-state index is 12.3. The van der Waals surface area contributed by atoms with Crippen molar-refractivity contribution in [3.8, 4) is 0 Å². The second kappa shape index (κ2) is 9.07. The first-order valence-electron chi connectivity index (χ1n) is 9.36. The van der Waals surface area contributed by atoms with Gasteiger partial charge in [0.1, 0.15) is 0 Å². The van der Waals surface area contributed by atoms with E-state index in [4.69, 9.17) is 11.6 Å². The van der Waals surface area contributed by atoms with Gasteiger partial charge in [-0.15, -0.1) is 0 Å². The van der Waals surface area contributed by atoms with E-state index in [1.165, 1.54) is 0 Å². The van der Waals surface area contributed by atoms with Crippen molar-refractivity contribution in [1.29, 1.82) is 0 Å². The van der Waals surface area contributed by atoms with Gasteiger partial charge >= 0.3 is 11.8 Å². The number of carbonyl (C=O) groups excluding carboxylic acids is 2. The number of benzene rings is 3. The Hall–Kier alpha value is -2.89. The third kappa shape index (κ3) is 4.94. The molecule has 0 heterocycles. The van der Waals surface area contributed by atoms with Crippen molar-refractivity contribution in [2.24, 2.45) is 0 Å². The molecule has 5 nitrogen and oxygen atoms in total. The molecule has 3 rings (SSSR count). The largest absolute Gasteiger partial charge is 0.346 e. The number of nitrogens with one attached hydrogen (secondary N) is 2. The van der Waals surface area contributed by atoms with Crippen LogP contribution in [0.1, 0.15) is 17.2 Å². The summed E-state index contributed by atoms with van der Waals surface area (Å²) >= 11 is 6.07. The zero-order valence-corrected chi connectivity index (χ0v) is 17.5. The van der Waals surface area contributed by atoms with Gasteiger partial charge in [-0.1, -0.05) is 60.1 Å². The lowest BCUT2D eigenvalue weighted by atomic mass is 9.98. The summed E-state index contributed by atoms with van der Waals surface area (Å²) in [6, 6.07) is 19.3. The Kier molecular flexibility index (Phi) is 6.52. The van der Waals surface area contributed by atoms with E-state index >= 15 is 0 Å². The molecule has 2 N–H and O–H groups in total. The van der Waals surface area contributed by atoms with Crippen molar-refractivity contribution < 1.29 is 9.59 Å². The molecule has 0 fully saturated rings. The van der Waals surface area contributed by atoms with Gasteiger partial charge < -0.3 is 15.5 Å². The Bertz CT molecular complexity index is 1040. The average molecular weight is 410 g/mol. The molecule has 3 aromatic rings. The summed E-state index contributed by atoms with van der Waals surface area (Å²) in [7, 11) is 3.90. The number of likely N-dealkylation sites (N-methyl/N-ethyl adjacent to an activating group) is 1. The van der Waals surface area contributed by atoms with Gasteiger partial charge in [-0.3, -0.25) is 9.59 Å². The van der Waals surface area contributed by atoms with Crippen LogP contribution in [0.2, 0.25) is 5.02 Å². The third-order valence-electron chi connectivity index (χ3n) is 4.90. The highest BCUT2D eigenvalue weighted by Gasteiger charge is 2.20. The van der Waals surface area contributed by atoms with E-state index in [2.05, 4.69) is 28.8 Å². The minimum atomic E-state index is -0.722. The molecule has 0 spiro atoms. The number of rotatable bonds is 5. The van der Waals surface area contributed by atoms with E-state index in [0.717, 1.165) is 21.9 Å². The Labute approximate surface area is 175 Å². The van der Waals surface area contributed by atoms with Crippen LogP contribution in [-0.4, -0.2) is 37.4 Å². The van der Waals surface area contributed by atoms with Crippen LogP contribution in [0.5, 0.6) is 0 Å². The molecular weight excluding hydrogens is 386 g/mol. The van der Waals surface area contributed by atoms with Gasteiger partial charge in [0.2, 0.25) is 0 Å². The number of carbonyl (C=O) groups is 2. The SMILES string of the molecule is Cc1ccc(NC(=O)C(=O)NCC(c2cccc3ccccc23)N(C)C)cc1Cl. The maximum absolute atomic E-state index is 12.3. The fourth-order valence-corrected chi connectivity index (χ4v) is 3.42. The van der Waals surface area contributed by atoms with Crippen LogP contribution in [0.4, 0.5) is 5.69 Å². The first-order chi connectivity index (χ1) is 13.9. The van der Waals surface area contributed by atoms with Gasteiger partial charge in [0.15, 0.2) is 0 Å². The molecule has 1 atom stereocenters. The number of fused-ring (bicyclic) bond motifs is 1. The van der Waals surface area contributed by atoms with Gasteiger partial charge in [-0.2, -0.15) is 0 Å². The molecule has 6 heteroatoms. The number of anilines is 1. The minimum Gasteiger partial charge on any atom is -0.346 e. The molecule has 29 heavy (non-hydrogen) atoms. The van der Waals surface area contributed by atoms with Gasteiger partial charge in [0.25, 0.3) is 0 Å². The molecule has 1 unspecified atom stereocenters. The number of halogens is 1. The van der Waals surface area contributed by atoms with E-state index in [0.29, 0.717) is 17.3 Å². The van der Waals surface area contributed by atoms with Crippen molar-refractivity contribution in [3.05, 3.63) is 76.8 Å². The lowest BCUT2D eigenvalue weighted by molar-refractivity contribution is -0.136. The second-order valence-electron chi connectivity index (χ2n) is 7.18. The number of hydrogen-bond acceptors (Lipinski definition) is 3. The summed E-state index contributed by atoms with van der Waals surface area (Å²) in [5.41, 5.74) is 2.48. The van der Waals surface area contributed by atoms with Crippen molar-refractivity contribution in [2.75, 3.05) is 26.0 Å². The molecule has 0 saturated carbocycles. The zero-order chi connectivity index (χ0) is 21.0. The maximum Gasteiger partial charge on any atom is 0.313 e. The van der Waals surface area contributed by atoms with Gasteiger partial charge in [-0.25, -0.2) is 0 Å². The number of nitrogens with zero attached hydrogens (tertiary/aromatic N) is 1. The summed E-state index contributed by atoms with van der Waals surface area (Å²) < 4.78 is 0. The Balaban J connectivity index is 1.70. The fourth-order valence-electron chi connectivity index (χ4n) is 3.24. The molecule has 2 amide bonds. The topological polar surface area (TPSA) is 61.4 Å². The van der Waals surface area contributed by atoms with Crippen molar-refractivity contribution >= 4 is 39.9 Å². The molecule has 0 aliphatic heterocycles. The van der Waals surface area contributed by atoms with Crippen LogP contribution in [-0.2, 0) is 9.59 Å². The smallest absolute Gasteiger partial charge is 0.313 e. The molecule has 3 aromatic carbocycles. The predicted molar refractivity (Wildman–Crippen MR) is 118 cm³/mol. The number of aryl methyl sites for hydroxylation is 1. The van der Waals surface area contributed by atoms with E-state index in [1.807, 2.05) is 50.2 Å². The summed E-state index contributed by atoms with van der Waals surface area (Å²) in [6.07, 6.45) is 0.